The SMILES string of the molecule is CC1Cc2c(nn(CCCN)c2C(=O)O)-c2ccc(OC(=O)C(F)(F)F)cc21. The lowest BCUT2D eigenvalue weighted by atomic mass is 9.82. The van der Waals surface area contributed by atoms with Crippen LogP contribution < -0.4 is 10.5 Å². The van der Waals surface area contributed by atoms with Gasteiger partial charge in [-0.15, -0.1) is 0 Å². The Hall–Kier alpha value is -2.88. The minimum atomic E-state index is -5.09. The summed E-state index contributed by atoms with van der Waals surface area (Å²) in [6, 6.07) is 4.10. The lowest BCUT2D eigenvalue weighted by Crippen LogP contribution is -2.28. The molecule has 0 saturated carbocycles. The first-order valence-corrected chi connectivity index (χ1v) is 8.59. The van der Waals surface area contributed by atoms with Crippen LogP contribution in [0, 0.1) is 0 Å². The van der Waals surface area contributed by atoms with Crippen LogP contribution in [0.4, 0.5) is 13.2 Å². The number of aromatic carboxylic acids is 1. The molecule has 0 bridgehead atoms. The highest BCUT2D eigenvalue weighted by Gasteiger charge is 2.41. The van der Waals surface area contributed by atoms with Crippen LogP contribution in [0.1, 0.15) is 40.9 Å². The van der Waals surface area contributed by atoms with Crippen LogP contribution in [0.15, 0.2) is 18.2 Å². The van der Waals surface area contributed by atoms with E-state index >= 15 is 0 Å². The minimum absolute atomic E-state index is 0.0912. The zero-order valence-corrected chi connectivity index (χ0v) is 14.9. The minimum Gasteiger partial charge on any atom is -0.477 e. The van der Waals surface area contributed by atoms with Gasteiger partial charge in [0.25, 0.3) is 0 Å². The number of benzene rings is 1. The summed E-state index contributed by atoms with van der Waals surface area (Å²) in [6.07, 6.45) is -4.19. The Morgan fingerprint density at radius 1 is 1.39 bits per heavy atom. The Kier molecular flexibility index (Phi) is 5.16. The summed E-state index contributed by atoms with van der Waals surface area (Å²) in [5, 5.41) is 14.0. The Labute approximate surface area is 157 Å². The largest absolute Gasteiger partial charge is 0.491 e. The summed E-state index contributed by atoms with van der Waals surface area (Å²) >= 11 is 0. The van der Waals surface area contributed by atoms with E-state index in [1.165, 1.54) is 22.9 Å². The van der Waals surface area contributed by atoms with Crippen LogP contribution in [0.25, 0.3) is 11.3 Å². The highest BCUT2D eigenvalue weighted by atomic mass is 19.4. The van der Waals surface area contributed by atoms with Gasteiger partial charge >= 0.3 is 18.1 Å². The maximum absolute atomic E-state index is 12.4. The molecule has 1 aromatic heterocycles. The van der Waals surface area contributed by atoms with Gasteiger partial charge in [-0.2, -0.15) is 18.3 Å². The molecule has 3 N–H and O–H groups in total. The van der Waals surface area contributed by atoms with Gasteiger partial charge in [0, 0.05) is 17.7 Å². The molecule has 1 heterocycles. The van der Waals surface area contributed by atoms with Crippen molar-refractivity contribution in [3.05, 3.63) is 35.0 Å². The summed E-state index contributed by atoms with van der Waals surface area (Å²) < 4.78 is 43.1. The number of ether oxygens (including phenoxy) is 1. The Morgan fingerprint density at radius 3 is 2.71 bits per heavy atom. The quantitative estimate of drug-likeness (QED) is 0.593. The number of carboxylic acid groups (broad SMARTS) is 1. The molecule has 2 aromatic rings. The number of esters is 1. The Bertz CT molecular complexity index is 937. The molecular weight excluding hydrogens is 379 g/mol. The van der Waals surface area contributed by atoms with Crippen molar-refractivity contribution in [2.75, 3.05) is 6.54 Å². The van der Waals surface area contributed by atoms with Crippen molar-refractivity contribution in [2.45, 2.75) is 38.4 Å². The van der Waals surface area contributed by atoms with Crippen molar-refractivity contribution in [3.63, 3.8) is 0 Å². The topological polar surface area (TPSA) is 107 Å². The smallest absolute Gasteiger partial charge is 0.477 e. The fourth-order valence-electron chi connectivity index (χ4n) is 3.36. The number of nitrogens with two attached hydrogens (primary N) is 1. The van der Waals surface area contributed by atoms with E-state index in [0.29, 0.717) is 48.3 Å². The molecule has 1 unspecified atom stereocenters. The van der Waals surface area contributed by atoms with Crippen LogP contribution in [0.2, 0.25) is 0 Å². The third kappa shape index (κ3) is 3.59. The molecule has 28 heavy (non-hydrogen) atoms. The molecule has 0 aliphatic heterocycles. The maximum Gasteiger partial charge on any atom is 0.491 e. The molecule has 0 saturated heterocycles. The van der Waals surface area contributed by atoms with Gasteiger partial charge < -0.3 is 15.6 Å². The molecule has 7 nitrogen and oxygen atoms in total. The van der Waals surface area contributed by atoms with Crippen LogP contribution in [-0.4, -0.2) is 39.5 Å². The second kappa shape index (κ2) is 7.27. The number of nitrogens with zero attached hydrogens (tertiary/aromatic N) is 2. The van der Waals surface area contributed by atoms with E-state index in [0.717, 1.165) is 0 Å². The molecule has 1 aliphatic rings. The number of carbonyl (C=O) groups excluding carboxylic acids is 1. The second-order valence-corrected chi connectivity index (χ2v) is 6.59. The highest BCUT2D eigenvalue weighted by Crippen LogP contribution is 2.42. The summed E-state index contributed by atoms with van der Waals surface area (Å²) in [5.74, 6) is -3.82. The second-order valence-electron chi connectivity index (χ2n) is 6.59. The first kappa shape index (κ1) is 19.9. The van der Waals surface area contributed by atoms with Crippen molar-refractivity contribution in [1.82, 2.24) is 9.78 Å². The standard InChI is InChI=1S/C18H18F3N3O4/c1-9-7-13-14(23-24(6-2-5-22)15(13)16(25)26)11-4-3-10(8-12(9)11)28-17(27)18(19,20)21/h3-4,8-9H,2,5-7,22H2,1H3,(H,25,26). The van der Waals surface area contributed by atoms with Crippen LogP contribution in [0.3, 0.4) is 0 Å². The van der Waals surface area contributed by atoms with E-state index in [1.807, 2.05) is 6.92 Å². The zero-order chi connectivity index (χ0) is 20.6. The molecule has 0 radical (unpaired) electrons. The third-order valence-corrected chi connectivity index (χ3v) is 4.59. The van der Waals surface area contributed by atoms with E-state index in [-0.39, 0.29) is 17.4 Å². The number of carbonyl (C=O) groups is 2. The van der Waals surface area contributed by atoms with E-state index in [1.54, 1.807) is 0 Å². The molecule has 0 amide bonds. The van der Waals surface area contributed by atoms with Gasteiger partial charge in [0.2, 0.25) is 0 Å². The van der Waals surface area contributed by atoms with E-state index in [2.05, 4.69) is 9.84 Å². The Balaban J connectivity index is 2.03. The van der Waals surface area contributed by atoms with Gasteiger partial charge in [0.05, 0.1) is 5.69 Å². The number of aryl methyl sites for hydroxylation is 1. The molecular formula is C18H18F3N3O4. The van der Waals surface area contributed by atoms with E-state index < -0.39 is 18.1 Å². The van der Waals surface area contributed by atoms with Crippen molar-refractivity contribution < 1.29 is 32.6 Å². The fourth-order valence-corrected chi connectivity index (χ4v) is 3.36. The molecule has 1 aromatic carbocycles. The van der Waals surface area contributed by atoms with Gasteiger partial charge in [-0.1, -0.05) is 6.92 Å². The molecule has 0 fully saturated rings. The first-order chi connectivity index (χ1) is 13.1. The number of hydrogen-bond donors (Lipinski definition) is 2. The maximum atomic E-state index is 12.4. The number of halogens is 3. The van der Waals surface area contributed by atoms with Gasteiger partial charge in [-0.25, -0.2) is 9.59 Å². The Morgan fingerprint density at radius 2 is 2.11 bits per heavy atom. The van der Waals surface area contributed by atoms with Crippen LogP contribution in [0.5, 0.6) is 5.75 Å². The highest BCUT2D eigenvalue weighted by molar-refractivity contribution is 5.91. The average Bonchev–Trinajstić information content (AvgIpc) is 2.97. The molecule has 3 rings (SSSR count). The van der Waals surface area contributed by atoms with Gasteiger partial charge in [0.15, 0.2) is 0 Å². The molecule has 150 valence electrons. The van der Waals surface area contributed by atoms with E-state index in [4.69, 9.17) is 5.73 Å². The lowest BCUT2D eigenvalue weighted by molar-refractivity contribution is -0.189. The summed E-state index contributed by atoms with van der Waals surface area (Å²) in [6.45, 7) is 2.54. The van der Waals surface area contributed by atoms with Crippen molar-refractivity contribution in [3.8, 4) is 17.0 Å². The number of carboxylic acids is 1. The monoisotopic (exact) mass is 397 g/mol. The first-order valence-electron chi connectivity index (χ1n) is 8.59. The third-order valence-electron chi connectivity index (χ3n) is 4.59. The number of alkyl halides is 3. The number of hydrogen-bond acceptors (Lipinski definition) is 5. The van der Waals surface area contributed by atoms with Crippen molar-refractivity contribution in [2.24, 2.45) is 5.73 Å². The summed E-state index contributed by atoms with van der Waals surface area (Å²) in [7, 11) is 0. The number of fused-ring (bicyclic) bond motifs is 3. The van der Waals surface area contributed by atoms with E-state index in [9.17, 15) is 27.9 Å². The number of rotatable bonds is 5. The average molecular weight is 397 g/mol. The van der Waals surface area contributed by atoms with Gasteiger partial charge in [-0.3, -0.25) is 4.68 Å². The van der Waals surface area contributed by atoms with Crippen molar-refractivity contribution >= 4 is 11.9 Å². The van der Waals surface area contributed by atoms with Gasteiger partial charge in [-0.05, 0) is 49.1 Å². The van der Waals surface area contributed by atoms with Gasteiger partial charge in [0.1, 0.15) is 11.4 Å². The van der Waals surface area contributed by atoms with Crippen molar-refractivity contribution in [1.29, 1.82) is 0 Å². The predicted octanol–water partition coefficient (Wildman–Crippen LogP) is 2.72. The number of aromatic nitrogens is 2. The molecule has 10 heteroatoms. The lowest BCUT2D eigenvalue weighted by Gasteiger charge is -2.22. The molecule has 1 atom stereocenters. The fraction of sp³-hybridized carbons (Fsp3) is 0.389. The molecule has 0 spiro atoms. The van der Waals surface area contributed by atoms with Crippen LogP contribution >= 0.6 is 0 Å². The summed E-state index contributed by atoms with van der Waals surface area (Å²) in [5.41, 5.74) is 7.88. The summed E-state index contributed by atoms with van der Waals surface area (Å²) in [4.78, 5) is 22.8. The predicted molar refractivity (Wildman–Crippen MR) is 92.1 cm³/mol. The normalized spacial score (nSPS) is 15.7. The zero-order valence-electron chi connectivity index (χ0n) is 14.9. The van der Waals surface area contributed by atoms with Crippen LogP contribution in [-0.2, 0) is 17.8 Å². The molecule has 1 aliphatic carbocycles.